The quantitative estimate of drug-likeness (QED) is 0.864. The minimum Gasteiger partial charge on any atom is -0.490 e. The number of nitrogens with two attached hydrogens (primary N) is 1. The molecule has 0 radical (unpaired) electrons. The maximum Gasteiger partial charge on any atom is 0.343 e. The van der Waals surface area contributed by atoms with E-state index in [1.165, 1.54) is 0 Å². The van der Waals surface area contributed by atoms with Crippen molar-refractivity contribution in [2.75, 3.05) is 13.2 Å². The van der Waals surface area contributed by atoms with E-state index < -0.39 is 11.5 Å². The summed E-state index contributed by atoms with van der Waals surface area (Å²) in [5.74, 6) is 1.04. The van der Waals surface area contributed by atoms with Crippen molar-refractivity contribution in [3.05, 3.63) is 63.0 Å². The number of fused-ring (bicyclic) bond motifs is 1. The van der Waals surface area contributed by atoms with E-state index in [-0.39, 0.29) is 22.8 Å². The minimum atomic E-state index is -0.717. The molecule has 0 amide bonds. The highest BCUT2D eigenvalue weighted by atomic mass is 16.5. The van der Waals surface area contributed by atoms with Gasteiger partial charge in [0.05, 0.1) is 24.7 Å². The lowest BCUT2D eigenvalue weighted by Gasteiger charge is -2.25. The molecule has 0 aliphatic carbocycles. The van der Waals surface area contributed by atoms with Crippen LogP contribution in [0.15, 0.2) is 44.9 Å². The standard InChI is InChI=1S/C20H20N2O5/c1-4-24-14-7-6-12(9-15(14)25-5-2)17-13(10-21)19(22)27-16-8-11(3)26-20(23)18(16)17/h6-9,17H,4-5,22H2,1-3H3. The Balaban J connectivity index is 2.22. The van der Waals surface area contributed by atoms with Gasteiger partial charge in [-0.25, -0.2) is 4.79 Å². The molecule has 2 aromatic rings. The number of allylic oxidation sites excluding steroid dienone is 1. The molecular formula is C20H20N2O5. The first-order valence-corrected chi connectivity index (χ1v) is 8.61. The van der Waals surface area contributed by atoms with Crippen molar-refractivity contribution in [3.8, 4) is 23.3 Å². The van der Waals surface area contributed by atoms with E-state index >= 15 is 0 Å². The second-order valence-corrected chi connectivity index (χ2v) is 5.92. The van der Waals surface area contributed by atoms with Crippen molar-refractivity contribution in [3.63, 3.8) is 0 Å². The van der Waals surface area contributed by atoms with E-state index in [4.69, 9.17) is 24.4 Å². The predicted molar refractivity (Wildman–Crippen MR) is 97.8 cm³/mol. The predicted octanol–water partition coefficient (Wildman–Crippen LogP) is 2.96. The molecule has 7 nitrogen and oxygen atoms in total. The van der Waals surface area contributed by atoms with Gasteiger partial charge < -0.3 is 24.4 Å². The Morgan fingerprint density at radius 2 is 1.89 bits per heavy atom. The fourth-order valence-corrected chi connectivity index (χ4v) is 3.10. The molecule has 0 saturated carbocycles. The van der Waals surface area contributed by atoms with Gasteiger partial charge in [0.2, 0.25) is 5.88 Å². The Kier molecular flexibility index (Phi) is 5.08. The summed E-state index contributed by atoms with van der Waals surface area (Å²) in [7, 11) is 0. The third kappa shape index (κ3) is 3.34. The number of aryl methyl sites for hydroxylation is 1. The van der Waals surface area contributed by atoms with Crippen molar-refractivity contribution in [2.45, 2.75) is 26.7 Å². The van der Waals surface area contributed by atoms with Crippen LogP contribution in [0.5, 0.6) is 17.2 Å². The maximum atomic E-state index is 12.5. The van der Waals surface area contributed by atoms with Gasteiger partial charge in [-0.3, -0.25) is 0 Å². The second-order valence-electron chi connectivity index (χ2n) is 5.92. The monoisotopic (exact) mass is 368 g/mol. The van der Waals surface area contributed by atoms with Gasteiger partial charge in [-0.15, -0.1) is 0 Å². The molecule has 27 heavy (non-hydrogen) atoms. The van der Waals surface area contributed by atoms with Gasteiger partial charge in [0.15, 0.2) is 11.5 Å². The van der Waals surface area contributed by atoms with Crippen LogP contribution in [0.4, 0.5) is 0 Å². The lowest BCUT2D eigenvalue weighted by atomic mass is 9.84. The molecule has 2 heterocycles. The SMILES string of the molecule is CCOc1ccc(C2C(C#N)=C(N)Oc3cc(C)oc(=O)c32)cc1OCC. The molecule has 0 bridgehead atoms. The van der Waals surface area contributed by atoms with E-state index in [9.17, 15) is 10.1 Å². The van der Waals surface area contributed by atoms with Gasteiger partial charge in [0.25, 0.3) is 0 Å². The van der Waals surface area contributed by atoms with E-state index in [0.717, 1.165) is 0 Å². The molecule has 1 aliphatic rings. The van der Waals surface area contributed by atoms with Crippen LogP contribution in [-0.2, 0) is 0 Å². The fourth-order valence-electron chi connectivity index (χ4n) is 3.10. The zero-order valence-electron chi connectivity index (χ0n) is 15.4. The number of rotatable bonds is 5. The first-order valence-electron chi connectivity index (χ1n) is 8.61. The highest BCUT2D eigenvalue weighted by Crippen LogP contribution is 2.42. The van der Waals surface area contributed by atoms with Crippen LogP contribution in [0.2, 0.25) is 0 Å². The highest BCUT2D eigenvalue weighted by molar-refractivity contribution is 5.57. The zero-order chi connectivity index (χ0) is 19.6. The van der Waals surface area contributed by atoms with E-state index in [0.29, 0.717) is 36.0 Å². The van der Waals surface area contributed by atoms with E-state index in [1.54, 1.807) is 31.2 Å². The first-order chi connectivity index (χ1) is 13.0. The first kappa shape index (κ1) is 18.4. The van der Waals surface area contributed by atoms with Crippen LogP contribution in [0, 0.1) is 18.3 Å². The molecule has 0 fully saturated rings. The van der Waals surface area contributed by atoms with Crippen molar-refractivity contribution in [1.29, 1.82) is 5.26 Å². The Labute approximate surface area is 156 Å². The minimum absolute atomic E-state index is 0.0353. The lowest BCUT2D eigenvalue weighted by molar-refractivity contribution is 0.287. The van der Waals surface area contributed by atoms with E-state index in [2.05, 4.69) is 6.07 Å². The van der Waals surface area contributed by atoms with Gasteiger partial charge >= 0.3 is 5.63 Å². The van der Waals surface area contributed by atoms with Crippen LogP contribution < -0.4 is 25.6 Å². The second kappa shape index (κ2) is 7.46. The molecular weight excluding hydrogens is 348 g/mol. The molecule has 1 aliphatic heterocycles. The van der Waals surface area contributed by atoms with Crippen LogP contribution >= 0.6 is 0 Å². The smallest absolute Gasteiger partial charge is 0.343 e. The summed E-state index contributed by atoms with van der Waals surface area (Å²) in [6, 6.07) is 8.91. The van der Waals surface area contributed by atoms with Crippen molar-refractivity contribution < 1.29 is 18.6 Å². The summed E-state index contributed by atoms with van der Waals surface area (Å²) in [4.78, 5) is 12.5. The molecule has 0 spiro atoms. The van der Waals surface area contributed by atoms with Crippen molar-refractivity contribution in [1.82, 2.24) is 0 Å². The Morgan fingerprint density at radius 1 is 1.19 bits per heavy atom. The van der Waals surface area contributed by atoms with E-state index in [1.807, 2.05) is 13.8 Å². The van der Waals surface area contributed by atoms with Gasteiger partial charge in [-0.1, -0.05) is 6.07 Å². The summed E-state index contributed by atoms with van der Waals surface area (Å²) in [6.07, 6.45) is 0. The Morgan fingerprint density at radius 3 is 2.56 bits per heavy atom. The van der Waals surface area contributed by atoms with Crippen molar-refractivity contribution in [2.24, 2.45) is 5.73 Å². The van der Waals surface area contributed by atoms with Crippen LogP contribution in [0.25, 0.3) is 0 Å². The number of hydrogen-bond acceptors (Lipinski definition) is 7. The normalized spacial score (nSPS) is 15.6. The average Bonchev–Trinajstić information content (AvgIpc) is 2.62. The van der Waals surface area contributed by atoms with Gasteiger partial charge in [-0.05, 0) is 38.5 Å². The highest BCUT2D eigenvalue weighted by Gasteiger charge is 2.34. The summed E-state index contributed by atoms with van der Waals surface area (Å²) < 4.78 is 22.0. The summed E-state index contributed by atoms with van der Waals surface area (Å²) in [5.41, 5.74) is 6.42. The number of hydrogen-bond donors (Lipinski definition) is 1. The third-order valence-electron chi connectivity index (χ3n) is 4.16. The molecule has 1 atom stereocenters. The maximum absolute atomic E-state index is 12.5. The summed E-state index contributed by atoms with van der Waals surface area (Å²) in [5, 5.41) is 9.62. The molecule has 3 rings (SSSR count). The molecule has 1 aromatic heterocycles. The molecule has 0 saturated heterocycles. The number of nitrogens with zero attached hydrogens (tertiary/aromatic N) is 1. The Hall–Kier alpha value is -3.40. The van der Waals surface area contributed by atoms with Crippen LogP contribution in [-0.4, -0.2) is 13.2 Å². The average molecular weight is 368 g/mol. The summed E-state index contributed by atoms with van der Waals surface area (Å²) >= 11 is 0. The van der Waals surface area contributed by atoms with Gasteiger partial charge in [0.1, 0.15) is 23.2 Å². The van der Waals surface area contributed by atoms with Crippen LogP contribution in [0.1, 0.15) is 36.7 Å². The topological polar surface area (TPSA) is 108 Å². The van der Waals surface area contributed by atoms with Gasteiger partial charge in [-0.2, -0.15) is 5.26 Å². The van der Waals surface area contributed by atoms with Crippen LogP contribution in [0.3, 0.4) is 0 Å². The Bertz CT molecular complexity index is 1000. The largest absolute Gasteiger partial charge is 0.490 e. The van der Waals surface area contributed by atoms with Crippen molar-refractivity contribution >= 4 is 0 Å². The number of nitriles is 1. The molecule has 2 N–H and O–H groups in total. The molecule has 7 heteroatoms. The molecule has 140 valence electrons. The number of ether oxygens (including phenoxy) is 3. The zero-order valence-corrected chi connectivity index (χ0v) is 15.4. The fraction of sp³-hybridized carbons (Fsp3) is 0.300. The molecule has 1 aromatic carbocycles. The van der Waals surface area contributed by atoms with Gasteiger partial charge in [0, 0.05) is 6.07 Å². The lowest BCUT2D eigenvalue weighted by Crippen LogP contribution is -2.26. The molecule has 1 unspecified atom stereocenters. The summed E-state index contributed by atoms with van der Waals surface area (Å²) in [6.45, 7) is 6.31. The number of benzene rings is 1. The third-order valence-corrected chi connectivity index (χ3v) is 4.16.